The average molecular weight is 285 g/mol. The highest BCUT2D eigenvalue weighted by molar-refractivity contribution is 7.89. The molecule has 0 aliphatic carbocycles. The molecule has 1 saturated heterocycles. The van der Waals surface area contributed by atoms with E-state index in [4.69, 9.17) is 4.74 Å². The molecule has 1 fully saturated rings. The highest BCUT2D eigenvalue weighted by Crippen LogP contribution is 2.23. The van der Waals surface area contributed by atoms with Gasteiger partial charge in [-0.15, -0.1) is 0 Å². The largest absolute Gasteiger partial charge is 0.383 e. The van der Waals surface area contributed by atoms with Crippen molar-refractivity contribution in [3.63, 3.8) is 0 Å². The van der Waals surface area contributed by atoms with Crippen LogP contribution >= 0.6 is 0 Å². The fourth-order valence-electron chi connectivity index (χ4n) is 2.05. The van der Waals surface area contributed by atoms with Crippen molar-refractivity contribution in [1.82, 2.24) is 9.71 Å². The molecule has 106 valence electrons. The molecule has 2 N–H and O–H groups in total. The summed E-state index contributed by atoms with van der Waals surface area (Å²) in [4.78, 5) is 3.99. The second-order valence-electron chi connectivity index (χ2n) is 4.86. The maximum atomic E-state index is 12.4. The molecule has 1 aromatic rings. The van der Waals surface area contributed by atoms with E-state index in [0.717, 1.165) is 0 Å². The first-order valence-electron chi connectivity index (χ1n) is 6.27. The molecule has 0 spiro atoms. The van der Waals surface area contributed by atoms with Crippen LogP contribution in [0.2, 0.25) is 0 Å². The third kappa shape index (κ3) is 3.23. The maximum absolute atomic E-state index is 12.4. The predicted molar refractivity (Wildman–Crippen MR) is 72.6 cm³/mol. The zero-order chi connectivity index (χ0) is 13.9. The Kier molecular flexibility index (Phi) is 4.07. The number of aromatic nitrogens is 1. The van der Waals surface area contributed by atoms with Crippen LogP contribution in [-0.4, -0.2) is 38.7 Å². The van der Waals surface area contributed by atoms with Crippen LogP contribution < -0.4 is 10.0 Å². The summed E-state index contributed by atoms with van der Waals surface area (Å²) in [7, 11) is -3.66. The lowest BCUT2D eigenvalue weighted by molar-refractivity contribution is 0.178. The van der Waals surface area contributed by atoms with Crippen molar-refractivity contribution in [3.8, 4) is 0 Å². The predicted octanol–water partition coefficient (Wildman–Crippen LogP) is 0.971. The van der Waals surface area contributed by atoms with Crippen LogP contribution in [0.15, 0.2) is 23.4 Å². The van der Waals surface area contributed by atoms with Gasteiger partial charge in [0.05, 0.1) is 17.8 Å². The number of hydrogen-bond acceptors (Lipinski definition) is 5. The normalized spacial score (nSPS) is 23.5. The van der Waals surface area contributed by atoms with Crippen molar-refractivity contribution < 1.29 is 13.2 Å². The lowest BCUT2D eigenvalue weighted by atomic mass is 10.0. The van der Waals surface area contributed by atoms with E-state index < -0.39 is 15.6 Å². The molecule has 2 heterocycles. The second kappa shape index (κ2) is 5.44. The Morgan fingerprint density at radius 2 is 2.32 bits per heavy atom. The van der Waals surface area contributed by atoms with Crippen molar-refractivity contribution in [2.75, 3.05) is 25.1 Å². The number of hydrogen-bond donors (Lipinski definition) is 2. The molecule has 1 aliphatic heterocycles. The summed E-state index contributed by atoms with van der Waals surface area (Å²) in [5.74, 6) is 0. The van der Waals surface area contributed by atoms with Crippen molar-refractivity contribution in [1.29, 1.82) is 0 Å². The highest BCUT2D eigenvalue weighted by Gasteiger charge is 2.35. The van der Waals surface area contributed by atoms with Crippen molar-refractivity contribution in [3.05, 3.63) is 18.3 Å². The topological polar surface area (TPSA) is 80.3 Å². The summed E-state index contributed by atoms with van der Waals surface area (Å²) in [5, 5.41) is 3.04. The lowest BCUT2D eigenvalue weighted by Crippen LogP contribution is -2.46. The first-order valence-corrected chi connectivity index (χ1v) is 7.76. The maximum Gasteiger partial charge on any atom is 0.260 e. The van der Waals surface area contributed by atoms with Gasteiger partial charge in [0.2, 0.25) is 0 Å². The van der Waals surface area contributed by atoms with Crippen LogP contribution in [0, 0.1) is 0 Å². The summed E-state index contributed by atoms with van der Waals surface area (Å²) in [6, 6.07) is 3.41. The standard InChI is InChI=1S/C12H19N3O3S/c1-3-13-10-5-4-7-14-11(10)19(16,17)15-12(2)6-8-18-9-12/h4-5,7,13,15H,3,6,8-9H2,1-2H3. The summed E-state index contributed by atoms with van der Waals surface area (Å²) in [5.41, 5.74) is -0.0418. The van der Waals surface area contributed by atoms with Gasteiger partial charge in [0.15, 0.2) is 5.03 Å². The Morgan fingerprint density at radius 1 is 1.53 bits per heavy atom. The summed E-state index contributed by atoms with van der Waals surface area (Å²) >= 11 is 0. The van der Waals surface area contributed by atoms with E-state index in [1.165, 1.54) is 6.20 Å². The average Bonchev–Trinajstić information content (AvgIpc) is 2.76. The van der Waals surface area contributed by atoms with Crippen LogP contribution in [-0.2, 0) is 14.8 Å². The minimum absolute atomic E-state index is 0.0324. The quantitative estimate of drug-likeness (QED) is 0.842. The molecule has 0 amide bonds. The first-order chi connectivity index (χ1) is 8.97. The second-order valence-corrected chi connectivity index (χ2v) is 6.45. The number of pyridine rings is 1. The van der Waals surface area contributed by atoms with E-state index >= 15 is 0 Å². The van der Waals surface area contributed by atoms with Crippen LogP contribution in [0.1, 0.15) is 20.3 Å². The van der Waals surface area contributed by atoms with E-state index in [9.17, 15) is 8.42 Å². The molecular formula is C12H19N3O3S. The van der Waals surface area contributed by atoms with E-state index in [-0.39, 0.29) is 5.03 Å². The minimum Gasteiger partial charge on any atom is -0.383 e. The fraction of sp³-hybridized carbons (Fsp3) is 0.583. The molecule has 1 atom stereocenters. The first kappa shape index (κ1) is 14.2. The molecule has 19 heavy (non-hydrogen) atoms. The number of nitrogens with one attached hydrogen (secondary N) is 2. The van der Waals surface area contributed by atoms with Gasteiger partial charge in [-0.2, -0.15) is 0 Å². The van der Waals surface area contributed by atoms with Gasteiger partial charge in [-0.3, -0.25) is 0 Å². The fourth-order valence-corrected chi connectivity index (χ4v) is 3.59. The highest BCUT2D eigenvalue weighted by atomic mass is 32.2. The van der Waals surface area contributed by atoms with Crippen LogP contribution in [0.3, 0.4) is 0 Å². The van der Waals surface area contributed by atoms with Gasteiger partial charge in [-0.05, 0) is 32.4 Å². The molecule has 7 heteroatoms. The van der Waals surface area contributed by atoms with Crippen molar-refractivity contribution in [2.45, 2.75) is 30.8 Å². The molecule has 0 saturated carbocycles. The Labute approximate surface area is 113 Å². The number of nitrogens with zero attached hydrogens (tertiary/aromatic N) is 1. The molecule has 2 rings (SSSR count). The van der Waals surface area contributed by atoms with Gasteiger partial charge in [-0.1, -0.05) is 0 Å². The Balaban J connectivity index is 2.29. The van der Waals surface area contributed by atoms with Gasteiger partial charge < -0.3 is 10.1 Å². The Bertz CT molecular complexity index is 539. The van der Waals surface area contributed by atoms with Gasteiger partial charge >= 0.3 is 0 Å². The molecule has 1 aliphatic rings. The van der Waals surface area contributed by atoms with Crippen LogP contribution in [0.4, 0.5) is 5.69 Å². The molecule has 6 nitrogen and oxygen atoms in total. The Morgan fingerprint density at radius 3 is 2.95 bits per heavy atom. The van der Waals surface area contributed by atoms with Crippen molar-refractivity contribution >= 4 is 15.7 Å². The summed E-state index contributed by atoms with van der Waals surface area (Å²) in [6.45, 7) is 5.34. The summed E-state index contributed by atoms with van der Waals surface area (Å²) in [6.07, 6.45) is 2.14. The number of ether oxygens (including phenoxy) is 1. The zero-order valence-corrected chi connectivity index (χ0v) is 12.0. The number of rotatable bonds is 5. The van der Waals surface area contributed by atoms with Gasteiger partial charge in [0.1, 0.15) is 0 Å². The SMILES string of the molecule is CCNc1cccnc1S(=O)(=O)NC1(C)CCOC1. The van der Waals surface area contributed by atoms with Crippen LogP contribution in [0.5, 0.6) is 0 Å². The number of sulfonamides is 1. The van der Waals surface area contributed by atoms with Gasteiger partial charge in [0, 0.05) is 19.3 Å². The molecule has 1 aromatic heterocycles. The van der Waals surface area contributed by atoms with E-state index in [1.807, 2.05) is 13.8 Å². The smallest absolute Gasteiger partial charge is 0.260 e. The third-order valence-electron chi connectivity index (χ3n) is 2.99. The van der Waals surface area contributed by atoms with Crippen LogP contribution in [0.25, 0.3) is 0 Å². The molecule has 0 bridgehead atoms. The lowest BCUT2D eigenvalue weighted by Gasteiger charge is -2.23. The van der Waals surface area contributed by atoms with Gasteiger partial charge in [-0.25, -0.2) is 18.1 Å². The Hall–Kier alpha value is -1.18. The molecule has 0 aromatic carbocycles. The molecular weight excluding hydrogens is 266 g/mol. The molecule has 1 unspecified atom stereocenters. The third-order valence-corrected chi connectivity index (χ3v) is 4.59. The monoisotopic (exact) mass is 285 g/mol. The minimum atomic E-state index is -3.66. The van der Waals surface area contributed by atoms with E-state index in [0.29, 0.717) is 31.9 Å². The van der Waals surface area contributed by atoms with E-state index in [2.05, 4.69) is 15.0 Å². The zero-order valence-electron chi connectivity index (χ0n) is 11.1. The summed E-state index contributed by atoms with van der Waals surface area (Å²) < 4.78 is 32.8. The van der Waals surface area contributed by atoms with Gasteiger partial charge in [0.25, 0.3) is 10.0 Å². The number of anilines is 1. The van der Waals surface area contributed by atoms with Crippen molar-refractivity contribution in [2.24, 2.45) is 0 Å². The van der Waals surface area contributed by atoms with E-state index in [1.54, 1.807) is 12.1 Å². The molecule has 0 radical (unpaired) electrons.